The second kappa shape index (κ2) is 11.7. The van der Waals surface area contributed by atoms with Crippen molar-refractivity contribution >= 4 is 48.4 Å². The van der Waals surface area contributed by atoms with Gasteiger partial charge >= 0.3 is 0 Å². The van der Waals surface area contributed by atoms with E-state index in [2.05, 4.69) is 25.4 Å². The van der Waals surface area contributed by atoms with E-state index < -0.39 is 15.7 Å². The number of ether oxygens (including phenoxy) is 3. The molecule has 0 spiro atoms. The highest BCUT2D eigenvalue weighted by Gasteiger charge is 2.22. The summed E-state index contributed by atoms with van der Waals surface area (Å²) in [6.45, 7) is 1.26. The molecule has 1 atom stereocenters. The van der Waals surface area contributed by atoms with E-state index >= 15 is 0 Å². The lowest BCUT2D eigenvalue weighted by Crippen LogP contribution is -2.25. The Bertz CT molecular complexity index is 1340. The van der Waals surface area contributed by atoms with Gasteiger partial charge in [0.2, 0.25) is 5.88 Å². The molecule has 1 N–H and O–H groups in total. The van der Waals surface area contributed by atoms with Gasteiger partial charge in [0.15, 0.2) is 37.3 Å². The maximum absolute atomic E-state index is 13.2. The molecule has 4 rings (SSSR count). The topological polar surface area (TPSA) is 151 Å². The summed E-state index contributed by atoms with van der Waals surface area (Å²) >= 11 is 1.12. The van der Waals surface area contributed by atoms with Gasteiger partial charge in [0.05, 0.1) is 37.2 Å². The van der Waals surface area contributed by atoms with Gasteiger partial charge in [-0.3, -0.25) is 10.1 Å². The van der Waals surface area contributed by atoms with E-state index in [-0.39, 0.29) is 27.6 Å². The number of hydrogen-bond donors (Lipinski definition) is 1. The third-order valence-electron chi connectivity index (χ3n) is 5.18. The number of rotatable bonds is 11. The molecular formula is C22H25N5O7S2. The quantitative estimate of drug-likeness (QED) is 0.219. The zero-order chi connectivity index (χ0) is 25.5. The lowest BCUT2D eigenvalue weighted by molar-refractivity contribution is -0.110. The molecule has 1 fully saturated rings. The number of hydrogen-bond acceptors (Lipinski definition) is 12. The standard InChI is InChI=1S/C22H25N5O7S2/c1-31-9-3-11-36(29,30)16-6-4-14(5-7-16)18(27-34-15-8-10-33-13-15)20(28)26-22-25-19-21(35-22)24-17(32-2)12-23-19/h4-7,12,15H,3,8-11,13H2,1-2H3,(H,23,25,26,28)/b27-18+/t15-/m1/s1. The van der Waals surface area contributed by atoms with Crippen LogP contribution < -0.4 is 10.1 Å². The van der Waals surface area contributed by atoms with E-state index in [1.54, 1.807) is 0 Å². The van der Waals surface area contributed by atoms with Crippen LogP contribution in [0.15, 0.2) is 40.5 Å². The summed E-state index contributed by atoms with van der Waals surface area (Å²) in [4.78, 5) is 32.1. The van der Waals surface area contributed by atoms with Crippen LogP contribution in [0.4, 0.5) is 5.13 Å². The number of amides is 1. The molecule has 1 aromatic carbocycles. The summed E-state index contributed by atoms with van der Waals surface area (Å²) in [6, 6.07) is 5.92. The number of sulfone groups is 1. The Morgan fingerprint density at radius 2 is 2.06 bits per heavy atom. The van der Waals surface area contributed by atoms with Crippen molar-refractivity contribution in [3.63, 3.8) is 0 Å². The highest BCUT2D eigenvalue weighted by atomic mass is 32.2. The smallest absolute Gasteiger partial charge is 0.280 e. The zero-order valence-electron chi connectivity index (χ0n) is 19.7. The molecule has 0 saturated carbocycles. The molecule has 36 heavy (non-hydrogen) atoms. The number of nitrogens with one attached hydrogen (secondary N) is 1. The van der Waals surface area contributed by atoms with Crippen LogP contribution in [0.5, 0.6) is 5.88 Å². The molecule has 1 aliphatic heterocycles. The lowest BCUT2D eigenvalue weighted by atomic mass is 10.1. The molecule has 1 aliphatic rings. The highest BCUT2D eigenvalue weighted by molar-refractivity contribution is 7.91. The summed E-state index contributed by atoms with van der Waals surface area (Å²) in [5, 5.41) is 7.05. The van der Waals surface area contributed by atoms with Crippen molar-refractivity contribution in [2.24, 2.45) is 5.16 Å². The predicted octanol–water partition coefficient (Wildman–Crippen LogP) is 2.05. The first-order chi connectivity index (χ1) is 17.4. The number of fused-ring (bicyclic) bond motifs is 1. The molecule has 0 radical (unpaired) electrons. The van der Waals surface area contributed by atoms with Crippen LogP contribution in [0, 0.1) is 0 Å². The van der Waals surface area contributed by atoms with Gasteiger partial charge < -0.3 is 19.0 Å². The zero-order valence-corrected chi connectivity index (χ0v) is 21.3. The molecule has 0 bridgehead atoms. The van der Waals surface area contributed by atoms with E-state index in [4.69, 9.17) is 19.0 Å². The van der Waals surface area contributed by atoms with Gasteiger partial charge in [-0.05, 0) is 18.6 Å². The second-order valence-electron chi connectivity index (χ2n) is 7.73. The number of thiazole rings is 1. The minimum absolute atomic E-state index is 0.0389. The highest BCUT2D eigenvalue weighted by Crippen LogP contribution is 2.25. The van der Waals surface area contributed by atoms with Crippen LogP contribution >= 0.6 is 11.3 Å². The number of oxime groups is 1. The minimum Gasteiger partial charge on any atom is -0.480 e. The fourth-order valence-corrected chi connectivity index (χ4v) is 5.36. The fraction of sp³-hybridized carbons (Fsp3) is 0.409. The van der Waals surface area contributed by atoms with Crippen LogP contribution in [0.2, 0.25) is 0 Å². The van der Waals surface area contributed by atoms with Crippen LogP contribution in [-0.4, -0.2) is 80.9 Å². The van der Waals surface area contributed by atoms with Crippen molar-refractivity contribution in [1.29, 1.82) is 0 Å². The maximum Gasteiger partial charge on any atom is 0.280 e. The number of carbonyl (C=O) groups excluding carboxylic acids is 1. The first-order valence-corrected chi connectivity index (χ1v) is 13.5. The average molecular weight is 536 g/mol. The van der Waals surface area contributed by atoms with Gasteiger partial charge in [-0.1, -0.05) is 28.6 Å². The molecule has 1 saturated heterocycles. The Kier molecular flexibility index (Phi) is 8.40. The molecule has 0 unspecified atom stereocenters. The van der Waals surface area contributed by atoms with Gasteiger partial charge in [0.1, 0.15) is 0 Å². The number of anilines is 1. The first-order valence-electron chi connectivity index (χ1n) is 11.0. The van der Waals surface area contributed by atoms with Crippen LogP contribution in [-0.2, 0) is 28.9 Å². The van der Waals surface area contributed by atoms with Crippen molar-refractivity contribution in [2.45, 2.75) is 23.8 Å². The van der Waals surface area contributed by atoms with Crippen LogP contribution in [0.25, 0.3) is 10.5 Å². The minimum atomic E-state index is -3.49. The second-order valence-corrected chi connectivity index (χ2v) is 10.8. The molecule has 3 aromatic rings. The maximum atomic E-state index is 13.2. The Balaban J connectivity index is 1.56. The Hall–Kier alpha value is -3.20. The van der Waals surface area contributed by atoms with Gasteiger partial charge in [-0.15, -0.1) is 0 Å². The van der Waals surface area contributed by atoms with E-state index in [1.807, 2.05) is 0 Å². The normalized spacial score (nSPS) is 16.3. The average Bonchev–Trinajstić information content (AvgIpc) is 3.53. The summed E-state index contributed by atoms with van der Waals surface area (Å²) in [7, 11) is -0.491. The molecule has 2 aromatic heterocycles. The number of carbonyl (C=O) groups is 1. The molecule has 3 heterocycles. The van der Waals surface area contributed by atoms with Crippen molar-refractivity contribution in [3.05, 3.63) is 36.0 Å². The van der Waals surface area contributed by atoms with Crippen molar-refractivity contribution < 1.29 is 32.3 Å². The molecule has 0 aliphatic carbocycles. The molecule has 12 nitrogen and oxygen atoms in total. The summed E-state index contributed by atoms with van der Waals surface area (Å²) in [5.41, 5.74) is 0.696. The number of benzene rings is 1. The molecule has 192 valence electrons. The third-order valence-corrected chi connectivity index (χ3v) is 7.85. The van der Waals surface area contributed by atoms with Crippen molar-refractivity contribution in [1.82, 2.24) is 15.0 Å². The molecular weight excluding hydrogens is 510 g/mol. The van der Waals surface area contributed by atoms with Gasteiger partial charge in [-0.25, -0.2) is 13.4 Å². The number of methoxy groups -OCH3 is 2. The van der Waals surface area contributed by atoms with Crippen LogP contribution in [0.1, 0.15) is 18.4 Å². The predicted molar refractivity (Wildman–Crippen MR) is 132 cm³/mol. The summed E-state index contributed by atoms with van der Waals surface area (Å²) < 4.78 is 40.4. The van der Waals surface area contributed by atoms with Crippen LogP contribution in [0.3, 0.4) is 0 Å². The first kappa shape index (κ1) is 25.9. The van der Waals surface area contributed by atoms with E-state index in [9.17, 15) is 13.2 Å². The lowest BCUT2D eigenvalue weighted by Gasteiger charge is -2.10. The monoisotopic (exact) mass is 535 g/mol. The summed E-state index contributed by atoms with van der Waals surface area (Å²) in [6.07, 6.45) is 2.18. The van der Waals surface area contributed by atoms with E-state index in [0.29, 0.717) is 54.6 Å². The molecule has 1 amide bonds. The largest absolute Gasteiger partial charge is 0.480 e. The molecule has 14 heteroatoms. The van der Waals surface area contributed by atoms with E-state index in [1.165, 1.54) is 44.7 Å². The Morgan fingerprint density at radius 3 is 2.75 bits per heavy atom. The SMILES string of the molecule is COCCCS(=O)(=O)c1ccc(/C(=N\O[C@@H]2CCOC2)C(=O)Nc2nc3ncc(OC)nc3s2)cc1. The number of nitrogens with zero attached hydrogens (tertiary/aromatic N) is 4. The fourth-order valence-electron chi connectivity index (χ4n) is 3.29. The Morgan fingerprint density at radius 1 is 1.25 bits per heavy atom. The van der Waals surface area contributed by atoms with Gasteiger partial charge in [0.25, 0.3) is 5.91 Å². The summed E-state index contributed by atoms with van der Waals surface area (Å²) in [5.74, 6) is -0.303. The number of aromatic nitrogens is 3. The van der Waals surface area contributed by atoms with Crippen molar-refractivity contribution in [3.8, 4) is 5.88 Å². The van der Waals surface area contributed by atoms with Gasteiger partial charge in [0, 0.05) is 25.7 Å². The third kappa shape index (κ3) is 6.32. The van der Waals surface area contributed by atoms with E-state index in [0.717, 1.165) is 11.3 Å². The Labute approximate surface area is 211 Å². The van der Waals surface area contributed by atoms with Crippen molar-refractivity contribution in [2.75, 3.05) is 45.1 Å². The van der Waals surface area contributed by atoms with Gasteiger partial charge in [-0.2, -0.15) is 9.97 Å².